The molecule has 0 aliphatic rings. The molecule has 78 valence electrons. The van der Waals surface area contributed by atoms with Crippen LogP contribution < -0.4 is 0 Å². The van der Waals surface area contributed by atoms with Crippen molar-refractivity contribution in [2.24, 2.45) is 5.92 Å². The fourth-order valence-electron chi connectivity index (χ4n) is 1.64. The molecule has 0 saturated heterocycles. The number of Topliss-reactive ketones (excluding diaryl/α,β-unsaturated/α-hetero) is 1. The van der Waals surface area contributed by atoms with Crippen LogP contribution in [-0.2, 0) is 4.79 Å². The first-order valence-corrected chi connectivity index (χ1v) is 5.38. The minimum absolute atomic E-state index is 0.125. The molecule has 0 aromatic carbocycles. The number of ketones is 1. The third-order valence-electron chi connectivity index (χ3n) is 2.40. The van der Waals surface area contributed by atoms with Crippen LogP contribution in [0.4, 0.5) is 0 Å². The first kappa shape index (κ1) is 12.6. The Bertz CT molecular complexity index is 143. The summed E-state index contributed by atoms with van der Waals surface area (Å²) in [6.45, 7) is 5.99. The van der Waals surface area contributed by atoms with E-state index in [-0.39, 0.29) is 11.7 Å². The minimum Gasteiger partial charge on any atom is -0.392 e. The Morgan fingerprint density at radius 3 is 2.23 bits per heavy atom. The summed E-state index contributed by atoms with van der Waals surface area (Å²) in [6.07, 6.45) is 3.52. The Labute approximate surface area is 81.3 Å². The van der Waals surface area contributed by atoms with E-state index in [9.17, 15) is 9.90 Å². The van der Waals surface area contributed by atoms with Gasteiger partial charge in [-0.1, -0.05) is 27.2 Å². The molecule has 0 radical (unpaired) electrons. The van der Waals surface area contributed by atoms with Crippen LogP contribution in [0, 0.1) is 5.92 Å². The van der Waals surface area contributed by atoms with Crippen molar-refractivity contribution in [2.75, 3.05) is 0 Å². The highest BCUT2D eigenvalue weighted by Gasteiger charge is 2.22. The molecule has 0 unspecified atom stereocenters. The molecule has 0 aromatic rings. The summed E-state index contributed by atoms with van der Waals surface area (Å²) in [6, 6.07) is 0. The molecule has 0 bridgehead atoms. The third-order valence-corrected chi connectivity index (χ3v) is 2.40. The summed E-state index contributed by atoms with van der Waals surface area (Å²) in [7, 11) is 0. The highest BCUT2D eigenvalue weighted by atomic mass is 16.3. The first-order valence-electron chi connectivity index (χ1n) is 5.38. The van der Waals surface area contributed by atoms with E-state index in [1.165, 1.54) is 0 Å². The number of carbonyl (C=O) groups is 1. The molecule has 2 atom stereocenters. The Balaban J connectivity index is 4.06. The second-order valence-corrected chi connectivity index (χ2v) is 3.59. The van der Waals surface area contributed by atoms with E-state index in [2.05, 4.69) is 0 Å². The van der Waals surface area contributed by atoms with Gasteiger partial charge in [-0.2, -0.15) is 0 Å². The van der Waals surface area contributed by atoms with E-state index in [0.29, 0.717) is 6.42 Å². The maximum Gasteiger partial charge on any atom is 0.138 e. The van der Waals surface area contributed by atoms with Gasteiger partial charge in [-0.3, -0.25) is 4.79 Å². The Kier molecular flexibility index (Phi) is 6.87. The normalized spacial score (nSPS) is 15.4. The van der Waals surface area contributed by atoms with Crippen LogP contribution in [0.3, 0.4) is 0 Å². The van der Waals surface area contributed by atoms with Crippen molar-refractivity contribution in [3.8, 4) is 0 Å². The summed E-state index contributed by atoms with van der Waals surface area (Å²) in [5, 5.41) is 9.69. The van der Waals surface area contributed by atoms with Gasteiger partial charge in [0.25, 0.3) is 0 Å². The highest BCUT2D eigenvalue weighted by molar-refractivity contribution is 5.81. The lowest BCUT2D eigenvalue weighted by Gasteiger charge is -2.19. The van der Waals surface area contributed by atoms with E-state index < -0.39 is 6.10 Å². The van der Waals surface area contributed by atoms with Crippen molar-refractivity contribution < 1.29 is 9.90 Å². The van der Waals surface area contributed by atoms with Gasteiger partial charge < -0.3 is 5.11 Å². The van der Waals surface area contributed by atoms with Crippen LogP contribution in [0.2, 0.25) is 0 Å². The molecule has 0 aromatic heterocycles. The summed E-state index contributed by atoms with van der Waals surface area (Å²) >= 11 is 0. The van der Waals surface area contributed by atoms with Gasteiger partial charge in [0.15, 0.2) is 0 Å². The summed E-state index contributed by atoms with van der Waals surface area (Å²) < 4.78 is 0. The SMILES string of the molecule is CCCC(=O)[C@@H](CC)[C@H](O)CCC. The molecule has 2 heteroatoms. The lowest BCUT2D eigenvalue weighted by Crippen LogP contribution is -2.27. The average Bonchev–Trinajstić information content (AvgIpc) is 2.06. The van der Waals surface area contributed by atoms with Gasteiger partial charge in [-0.25, -0.2) is 0 Å². The summed E-state index contributed by atoms with van der Waals surface area (Å²) in [5.74, 6) is 0.103. The molecular formula is C11H22O2. The molecule has 0 heterocycles. The molecule has 0 rings (SSSR count). The standard InChI is InChI=1S/C11H22O2/c1-4-7-10(12)9(6-3)11(13)8-5-2/h9-10,12H,4-8H2,1-3H3/t9-,10+/m0/s1. The van der Waals surface area contributed by atoms with Crippen LogP contribution in [0.1, 0.15) is 52.9 Å². The molecule has 1 N–H and O–H groups in total. The molecule has 0 amide bonds. The predicted molar refractivity (Wildman–Crippen MR) is 54.6 cm³/mol. The second-order valence-electron chi connectivity index (χ2n) is 3.59. The molecule has 13 heavy (non-hydrogen) atoms. The number of carbonyl (C=O) groups excluding carboxylic acids is 1. The topological polar surface area (TPSA) is 37.3 Å². The van der Waals surface area contributed by atoms with Crippen molar-refractivity contribution >= 4 is 5.78 Å². The summed E-state index contributed by atoms with van der Waals surface area (Å²) in [4.78, 5) is 11.5. The fourth-order valence-corrected chi connectivity index (χ4v) is 1.64. The smallest absolute Gasteiger partial charge is 0.138 e. The zero-order valence-corrected chi connectivity index (χ0v) is 9.05. The highest BCUT2D eigenvalue weighted by Crippen LogP contribution is 2.16. The lowest BCUT2D eigenvalue weighted by atomic mass is 9.90. The van der Waals surface area contributed by atoms with Crippen LogP contribution in [-0.4, -0.2) is 17.0 Å². The molecular weight excluding hydrogens is 164 g/mol. The zero-order chi connectivity index (χ0) is 10.3. The van der Waals surface area contributed by atoms with Crippen molar-refractivity contribution in [3.63, 3.8) is 0 Å². The molecule has 0 fully saturated rings. The lowest BCUT2D eigenvalue weighted by molar-refractivity contribution is -0.126. The Morgan fingerprint density at radius 1 is 1.23 bits per heavy atom. The Hall–Kier alpha value is -0.370. The zero-order valence-electron chi connectivity index (χ0n) is 9.05. The number of rotatable bonds is 7. The van der Waals surface area contributed by atoms with Crippen LogP contribution in [0.5, 0.6) is 0 Å². The first-order chi connectivity index (χ1) is 6.17. The van der Waals surface area contributed by atoms with Crippen LogP contribution in [0.25, 0.3) is 0 Å². The number of hydrogen-bond acceptors (Lipinski definition) is 2. The Morgan fingerprint density at radius 2 is 1.85 bits per heavy atom. The second kappa shape index (κ2) is 7.07. The number of hydrogen-bond donors (Lipinski definition) is 1. The van der Waals surface area contributed by atoms with Crippen LogP contribution in [0.15, 0.2) is 0 Å². The molecule has 0 saturated carbocycles. The van der Waals surface area contributed by atoms with Gasteiger partial charge in [-0.05, 0) is 19.3 Å². The van der Waals surface area contributed by atoms with Crippen molar-refractivity contribution in [3.05, 3.63) is 0 Å². The van der Waals surface area contributed by atoms with Gasteiger partial charge in [0, 0.05) is 12.3 Å². The monoisotopic (exact) mass is 186 g/mol. The maximum absolute atomic E-state index is 11.5. The van der Waals surface area contributed by atoms with E-state index in [0.717, 1.165) is 25.7 Å². The van der Waals surface area contributed by atoms with E-state index >= 15 is 0 Å². The minimum atomic E-state index is -0.422. The average molecular weight is 186 g/mol. The number of aliphatic hydroxyl groups is 1. The quantitative estimate of drug-likeness (QED) is 0.663. The summed E-state index contributed by atoms with van der Waals surface area (Å²) in [5.41, 5.74) is 0. The largest absolute Gasteiger partial charge is 0.392 e. The van der Waals surface area contributed by atoms with E-state index in [1.807, 2.05) is 20.8 Å². The third kappa shape index (κ3) is 4.41. The van der Waals surface area contributed by atoms with Gasteiger partial charge in [0.05, 0.1) is 6.10 Å². The van der Waals surface area contributed by atoms with Gasteiger partial charge in [-0.15, -0.1) is 0 Å². The fraction of sp³-hybridized carbons (Fsp3) is 0.909. The van der Waals surface area contributed by atoms with Crippen molar-refractivity contribution in [2.45, 2.75) is 59.0 Å². The molecule has 0 aliphatic carbocycles. The predicted octanol–water partition coefficient (Wildman–Crippen LogP) is 2.54. The molecule has 0 aliphatic heterocycles. The van der Waals surface area contributed by atoms with Crippen LogP contribution >= 0.6 is 0 Å². The van der Waals surface area contributed by atoms with Crippen molar-refractivity contribution in [1.29, 1.82) is 0 Å². The number of aliphatic hydroxyl groups excluding tert-OH is 1. The molecule has 0 spiro atoms. The molecule has 2 nitrogen and oxygen atoms in total. The maximum atomic E-state index is 11.5. The van der Waals surface area contributed by atoms with Crippen molar-refractivity contribution in [1.82, 2.24) is 0 Å². The van der Waals surface area contributed by atoms with Gasteiger partial charge in [0.2, 0.25) is 0 Å². The van der Waals surface area contributed by atoms with Gasteiger partial charge >= 0.3 is 0 Å². The van der Waals surface area contributed by atoms with E-state index in [1.54, 1.807) is 0 Å². The van der Waals surface area contributed by atoms with Gasteiger partial charge in [0.1, 0.15) is 5.78 Å². The van der Waals surface area contributed by atoms with E-state index in [4.69, 9.17) is 0 Å².